The minimum Gasteiger partial charge on any atom is -0.460 e. The lowest BCUT2D eigenvalue weighted by Crippen LogP contribution is -2.19. The number of ether oxygens (including phenoxy) is 1. The van der Waals surface area contributed by atoms with Gasteiger partial charge in [0.05, 0.1) is 16.8 Å². The highest BCUT2D eigenvalue weighted by molar-refractivity contribution is 7.91. The summed E-state index contributed by atoms with van der Waals surface area (Å²) >= 11 is 0. The molecule has 1 rings (SSSR count). The van der Waals surface area contributed by atoms with Crippen LogP contribution >= 0.6 is 0 Å². The fourth-order valence-electron chi connectivity index (χ4n) is 1.30. The first-order valence-electron chi connectivity index (χ1n) is 5.49. The van der Waals surface area contributed by atoms with E-state index in [0.717, 1.165) is 0 Å². The summed E-state index contributed by atoms with van der Waals surface area (Å²) in [4.78, 5) is 11.6. The minimum absolute atomic E-state index is 0.0625. The van der Waals surface area contributed by atoms with Crippen molar-refractivity contribution in [1.29, 1.82) is 0 Å². The third kappa shape index (κ3) is 4.00. The van der Waals surface area contributed by atoms with Crippen molar-refractivity contribution in [2.45, 2.75) is 24.8 Å². The number of rotatable bonds is 5. The number of carbonyl (C=O) groups is 1. The molecule has 0 aliphatic heterocycles. The second-order valence-electron chi connectivity index (χ2n) is 4.13. The molecule has 0 saturated carbocycles. The van der Waals surface area contributed by atoms with E-state index in [-0.39, 0.29) is 16.6 Å². The van der Waals surface area contributed by atoms with E-state index in [1.54, 1.807) is 32.0 Å². The van der Waals surface area contributed by atoms with Gasteiger partial charge in [-0.1, -0.05) is 24.8 Å². The first kappa shape index (κ1) is 14.4. The Balaban J connectivity index is 2.79. The van der Waals surface area contributed by atoms with E-state index in [4.69, 9.17) is 4.74 Å². The van der Waals surface area contributed by atoms with Gasteiger partial charge >= 0.3 is 5.97 Å². The molecule has 0 aliphatic carbocycles. The van der Waals surface area contributed by atoms with Crippen LogP contribution in [-0.4, -0.2) is 26.2 Å². The predicted molar refractivity (Wildman–Crippen MR) is 68.9 cm³/mol. The number of hydrogen-bond acceptors (Lipinski definition) is 4. The monoisotopic (exact) mass is 268 g/mol. The van der Waals surface area contributed by atoms with Crippen LogP contribution in [0.3, 0.4) is 0 Å². The summed E-state index contributed by atoms with van der Waals surface area (Å²) in [5.41, 5.74) is -0.0625. The lowest BCUT2D eigenvalue weighted by molar-refractivity contribution is -0.142. The third-order valence-electron chi connectivity index (χ3n) is 2.10. The summed E-state index contributed by atoms with van der Waals surface area (Å²) in [6.45, 7) is 6.85. The zero-order chi connectivity index (χ0) is 13.8. The van der Waals surface area contributed by atoms with Crippen molar-refractivity contribution in [3.8, 4) is 0 Å². The normalized spacial score (nSPS) is 11.3. The maximum absolute atomic E-state index is 12.0. The molecule has 0 spiro atoms. The van der Waals surface area contributed by atoms with Crippen LogP contribution in [0.25, 0.3) is 0 Å². The molecule has 0 unspecified atom stereocenters. The molecular formula is C13H16O4S. The zero-order valence-corrected chi connectivity index (χ0v) is 11.2. The van der Waals surface area contributed by atoms with E-state index < -0.39 is 21.6 Å². The van der Waals surface area contributed by atoms with Gasteiger partial charge in [-0.05, 0) is 26.0 Å². The largest absolute Gasteiger partial charge is 0.460 e. The van der Waals surface area contributed by atoms with Gasteiger partial charge in [0.2, 0.25) is 0 Å². The molecule has 18 heavy (non-hydrogen) atoms. The van der Waals surface area contributed by atoms with Gasteiger partial charge in [-0.15, -0.1) is 0 Å². The molecule has 1 aromatic carbocycles. The van der Waals surface area contributed by atoms with Crippen LogP contribution in [-0.2, 0) is 19.4 Å². The molecular weight excluding hydrogens is 252 g/mol. The van der Waals surface area contributed by atoms with Crippen LogP contribution in [0.2, 0.25) is 0 Å². The molecule has 1 aromatic rings. The number of sulfone groups is 1. The van der Waals surface area contributed by atoms with Crippen molar-refractivity contribution in [2.75, 3.05) is 5.75 Å². The van der Waals surface area contributed by atoms with Crippen LogP contribution < -0.4 is 0 Å². The SMILES string of the molecule is C=C(CS(=O)(=O)c1ccccc1)C(=O)OC(C)C. The summed E-state index contributed by atoms with van der Waals surface area (Å²) in [7, 11) is -3.54. The third-order valence-corrected chi connectivity index (χ3v) is 3.82. The van der Waals surface area contributed by atoms with Crippen molar-refractivity contribution in [3.05, 3.63) is 42.5 Å². The highest BCUT2D eigenvalue weighted by Gasteiger charge is 2.20. The maximum atomic E-state index is 12.0. The van der Waals surface area contributed by atoms with E-state index in [2.05, 4.69) is 6.58 Å². The molecule has 0 fully saturated rings. The Kier molecular flexibility index (Phi) is 4.67. The Morgan fingerprint density at radius 2 is 1.83 bits per heavy atom. The van der Waals surface area contributed by atoms with E-state index in [0.29, 0.717) is 0 Å². The Morgan fingerprint density at radius 1 is 1.28 bits per heavy atom. The van der Waals surface area contributed by atoms with Gasteiger partial charge in [-0.25, -0.2) is 13.2 Å². The Labute approximate surface area is 107 Å². The lowest BCUT2D eigenvalue weighted by Gasteiger charge is -2.10. The van der Waals surface area contributed by atoms with Crippen LogP contribution in [0.15, 0.2) is 47.4 Å². The van der Waals surface area contributed by atoms with Gasteiger partial charge < -0.3 is 4.74 Å². The number of esters is 1. The predicted octanol–water partition coefficient (Wildman–Crippen LogP) is 1.97. The molecule has 0 amide bonds. The molecule has 0 aliphatic rings. The van der Waals surface area contributed by atoms with Crippen molar-refractivity contribution < 1.29 is 17.9 Å². The molecule has 0 aromatic heterocycles. The van der Waals surface area contributed by atoms with E-state index in [1.807, 2.05) is 0 Å². The van der Waals surface area contributed by atoms with Crippen LogP contribution in [0.1, 0.15) is 13.8 Å². The summed E-state index contributed by atoms with van der Waals surface area (Å²) in [5.74, 6) is -1.10. The molecule has 0 saturated heterocycles. The first-order chi connectivity index (χ1) is 8.33. The number of hydrogen-bond donors (Lipinski definition) is 0. The molecule has 0 N–H and O–H groups in total. The molecule has 4 nitrogen and oxygen atoms in total. The fourth-order valence-corrected chi connectivity index (χ4v) is 2.61. The van der Waals surface area contributed by atoms with Crippen LogP contribution in [0.5, 0.6) is 0 Å². The fraction of sp³-hybridized carbons (Fsp3) is 0.308. The van der Waals surface area contributed by atoms with E-state index in [9.17, 15) is 13.2 Å². The van der Waals surface area contributed by atoms with Crippen molar-refractivity contribution in [2.24, 2.45) is 0 Å². The summed E-state index contributed by atoms with van der Waals surface area (Å²) in [6.07, 6.45) is -0.298. The van der Waals surface area contributed by atoms with Crippen molar-refractivity contribution in [1.82, 2.24) is 0 Å². The van der Waals surface area contributed by atoms with E-state index >= 15 is 0 Å². The summed E-state index contributed by atoms with van der Waals surface area (Å²) in [5, 5.41) is 0. The highest BCUT2D eigenvalue weighted by atomic mass is 32.2. The number of carbonyl (C=O) groups excluding carboxylic acids is 1. The molecule has 0 heterocycles. The van der Waals surface area contributed by atoms with Crippen molar-refractivity contribution >= 4 is 15.8 Å². The molecule has 0 bridgehead atoms. The second kappa shape index (κ2) is 5.82. The quantitative estimate of drug-likeness (QED) is 0.605. The van der Waals surface area contributed by atoms with Crippen LogP contribution in [0.4, 0.5) is 0 Å². The average Bonchev–Trinajstić information content (AvgIpc) is 2.28. The molecule has 0 atom stereocenters. The average molecular weight is 268 g/mol. The summed E-state index contributed by atoms with van der Waals surface area (Å²) in [6, 6.07) is 7.94. The minimum atomic E-state index is -3.54. The lowest BCUT2D eigenvalue weighted by atomic mass is 10.3. The smallest absolute Gasteiger partial charge is 0.334 e. The van der Waals surface area contributed by atoms with Crippen molar-refractivity contribution in [3.63, 3.8) is 0 Å². The van der Waals surface area contributed by atoms with Crippen LogP contribution in [0, 0.1) is 0 Å². The molecule has 5 heteroatoms. The standard InChI is InChI=1S/C13H16O4S/c1-10(2)17-13(14)11(3)9-18(15,16)12-7-5-4-6-8-12/h4-8,10H,3,9H2,1-2H3. The summed E-state index contributed by atoms with van der Waals surface area (Å²) < 4.78 is 28.8. The first-order valence-corrected chi connectivity index (χ1v) is 7.14. The van der Waals surface area contributed by atoms with Gasteiger partial charge in [0, 0.05) is 5.57 Å². The molecule has 98 valence electrons. The van der Waals surface area contributed by atoms with Gasteiger partial charge in [-0.2, -0.15) is 0 Å². The Hall–Kier alpha value is -1.62. The molecule has 0 radical (unpaired) electrons. The maximum Gasteiger partial charge on any atom is 0.334 e. The van der Waals surface area contributed by atoms with Gasteiger partial charge in [0.15, 0.2) is 9.84 Å². The Morgan fingerprint density at radius 3 is 2.33 bits per heavy atom. The van der Waals surface area contributed by atoms with E-state index in [1.165, 1.54) is 12.1 Å². The zero-order valence-electron chi connectivity index (χ0n) is 10.4. The van der Waals surface area contributed by atoms with Gasteiger partial charge in [-0.3, -0.25) is 0 Å². The van der Waals surface area contributed by atoms with Gasteiger partial charge in [0.1, 0.15) is 0 Å². The second-order valence-corrected chi connectivity index (χ2v) is 6.12. The highest BCUT2D eigenvalue weighted by Crippen LogP contribution is 2.13. The Bertz CT molecular complexity index is 529. The van der Waals surface area contributed by atoms with Gasteiger partial charge in [0.25, 0.3) is 0 Å². The number of benzene rings is 1. The topological polar surface area (TPSA) is 60.4 Å².